The lowest BCUT2D eigenvalue weighted by Gasteiger charge is -2.19. The molecule has 4 aromatic rings. The molecule has 0 aliphatic carbocycles. The van der Waals surface area contributed by atoms with Crippen LogP contribution in [0, 0.1) is 20.8 Å². The Balaban J connectivity index is 1.72. The highest BCUT2D eigenvalue weighted by atomic mass is 32.2. The average molecular weight is 618 g/mol. The van der Waals surface area contributed by atoms with Crippen molar-refractivity contribution in [2.45, 2.75) is 78.3 Å². The SMILES string of the molecule is CCCCc1nc(C)c(CC(=O)N(C)C)c(=O)n1Cc1ccc(-c2ccccc2SNc2noc(C)c2C)c(COCC)c1. The second-order valence-electron chi connectivity index (χ2n) is 11.1. The molecule has 0 saturated heterocycles. The van der Waals surface area contributed by atoms with Crippen molar-refractivity contribution in [2.24, 2.45) is 0 Å². The van der Waals surface area contributed by atoms with E-state index in [9.17, 15) is 9.59 Å². The number of nitrogens with one attached hydrogen (secondary N) is 1. The number of nitrogens with zero attached hydrogens (tertiary/aromatic N) is 4. The van der Waals surface area contributed by atoms with E-state index in [1.54, 1.807) is 18.7 Å². The predicted molar refractivity (Wildman–Crippen MR) is 176 cm³/mol. The first-order valence-electron chi connectivity index (χ1n) is 15.1. The fourth-order valence-electron chi connectivity index (χ4n) is 4.87. The van der Waals surface area contributed by atoms with Gasteiger partial charge in [0.1, 0.15) is 11.6 Å². The molecule has 0 aliphatic rings. The highest BCUT2D eigenvalue weighted by molar-refractivity contribution is 8.00. The summed E-state index contributed by atoms with van der Waals surface area (Å²) in [5.41, 5.74) is 6.01. The molecule has 0 aliphatic heterocycles. The zero-order valence-electron chi connectivity index (χ0n) is 26.8. The van der Waals surface area contributed by atoms with Crippen molar-refractivity contribution in [1.82, 2.24) is 19.6 Å². The van der Waals surface area contributed by atoms with E-state index < -0.39 is 0 Å². The number of likely N-dealkylation sites (N-methyl/N-ethyl adjacent to an activating group) is 1. The predicted octanol–water partition coefficient (Wildman–Crippen LogP) is 6.50. The molecule has 234 valence electrons. The molecule has 0 fully saturated rings. The van der Waals surface area contributed by atoms with Crippen molar-refractivity contribution in [3.8, 4) is 11.1 Å². The number of anilines is 1. The second kappa shape index (κ2) is 15.2. The number of hydrogen-bond acceptors (Lipinski definition) is 8. The average Bonchev–Trinajstić information content (AvgIpc) is 3.34. The number of hydrogen-bond donors (Lipinski definition) is 1. The molecule has 0 spiro atoms. The molecule has 0 atom stereocenters. The molecule has 2 aromatic carbocycles. The molecule has 2 aromatic heterocycles. The van der Waals surface area contributed by atoms with E-state index in [2.05, 4.69) is 47.1 Å². The molecule has 2 heterocycles. The summed E-state index contributed by atoms with van der Waals surface area (Å²) in [5.74, 6) is 2.11. The minimum Gasteiger partial charge on any atom is -0.377 e. The Hall–Kier alpha value is -3.89. The number of carbonyl (C=O) groups excluding carboxylic acids is 1. The summed E-state index contributed by atoms with van der Waals surface area (Å²) in [4.78, 5) is 33.8. The molecule has 0 saturated carbocycles. The zero-order chi connectivity index (χ0) is 31.8. The van der Waals surface area contributed by atoms with Crippen LogP contribution in [0.15, 0.2) is 56.7 Å². The van der Waals surface area contributed by atoms with Gasteiger partial charge in [0.2, 0.25) is 5.91 Å². The van der Waals surface area contributed by atoms with Gasteiger partial charge in [-0.25, -0.2) is 4.98 Å². The quantitative estimate of drug-likeness (QED) is 0.160. The van der Waals surface area contributed by atoms with Gasteiger partial charge in [-0.3, -0.25) is 14.2 Å². The summed E-state index contributed by atoms with van der Waals surface area (Å²) in [6, 6.07) is 14.5. The Labute approximate surface area is 264 Å². The molecule has 10 heteroatoms. The molecule has 1 N–H and O–H groups in total. The first-order valence-corrected chi connectivity index (χ1v) is 15.9. The number of aryl methyl sites for hydroxylation is 3. The number of carbonyl (C=O) groups is 1. The van der Waals surface area contributed by atoms with Crippen molar-refractivity contribution < 1.29 is 14.1 Å². The Morgan fingerprint density at radius 3 is 2.55 bits per heavy atom. The van der Waals surface area contributed by atoms with Gasteiger partial charge in [0.05, 0.1) is 19.6 Å². The monoisotopic (exact) mass is 617 g/mol. The van der Waals surface area contributed by atoms with Gasteiger partial charge in [-0.05, 0) is 74.4 Å². The number of ether oxygens (including phenoxy) is 1. The molecule has 9 nitrogen and oxygen atoms in total. The summed E-state index contributed by atoms with van der Waals surface area (Å²) in [5, 5.41) is 4.13. The number of amides is 1. The molecule has 44 heavy (non-hydrogen) atoms. The molecular formula is C34H43N5O4S. The van der Waals surface area contributed by atoms with Crippen LogP contribution in [0.4, 0.5) is 5.82 Å². The number of aromatic nitrogens is 3. The van der Waals surface area contributed by atoms with Gasteiger partial charge in [0.25, 0.3) is 5.56 Å². The third-order valence-electron chi connectivity index (χ3n) is 7.69. The Kier molecular flexibility index (Phi) is 11.4. The van der Waals surface area contributed by atoms with Crippen molar-refractivity contribution in [3.63, 3.8) is 0 Å². The summed E-state index contributed by atoms with van der Waals surface area (Å²) in [6.07, 6.45) is 2.64. The molecular weight excluding hydrogens is 574 g/mol. The largest absolute Gasteiger partial charge is 0.377 e. The van der Waals surface area contributed by atoms with E-state index in [1.165, 1.54) is 16.8 Å². The van der Waals surface area contributed by atoms with E-state index >= 15 is 0 Å². The summed E-state index contributed by atoms with van der Waals surface area (Å²) >= 11 is 1.49. The van der Waals surface area contributed by atoms with E-state index in [4.69, 9.17) is 14.2 Å². The van der Waals surface area contributed by atoms with Gasteiger partial charge in [0.15, 0.2) is 5.82 Å². The van der Waals surface area contributed by atoms with Gasteiger partial charge >= 0.3 is 0 Å². The lowest BCUT2D eigenvalue weighted by Crippen LogP contribution is -2.33. The minimum atomic E-state index is -0.152. The van der Waals surface area contributed by atoms with Gasteiger partial charge < -0.3 is 18.9 Å². The van der Waals surface area contributed by atoms with Crippen LogP contribution in [0.25, 0.3) is 11.1 Å². The fraction of sp³-hybridized carbons (Fsp3) is 0.412. The topological polar surface area (TPSA) is 102 Å². The summed E-state index contributed by atoms with van der Waals surface area (Å²) in [7, 11) is 3.40. The standard InChI is InChI=1S/C34H43N5O4S/c1-8-10-15-31-35-23(4)29(19-32(40)38(6)7)34(41)39(31)20-25-16-17-27(26(18-25)21-42-9-2)28-13-11-12-14-30(28)44-37-33-22(3)24(5)43-36-33/h11-14,16-18H,8-10,15,19-21H2,1-7H3,(H,36,37). The van der Waals surface area contributed by atoms with Crippen LogP contribution < -0.4 is 10.3 Å². The summed E-state index contributed by atoms with van der Waals surface area (Å²) in [6.45, 7) is 11.2. The maximum Gasteiger partial charge on any atom is 0.257 e. The first kappa shape index (κ1) is 33.0. The Morgan fingerprint density at radius 2 is 1.86 bits per heavy atom. The lowest BCUT2D eigenvalue weighted by molar-refractivity contribution is -0.128. The third-order valence-corrected chi connectivity index (χ3v) is 8.56. The normalized spacial score (nSPS) is 11.2. The molecule has 0 unspecified atom stereocenters. The maximum absolute atomic E-state index is 13.8. The highest BCUT2D eigenvalue weighted by Crippen LogP contribution is 2.35. The number of rotatable bonds is 14. The van der Waals surface area contributed by atoms with Gasteiger partial charge in [-0.2, -0.15) is 0 Å². The maximum atomic E-state index is 13.8. The van der Waals surface area contributed by atoms with Crippen molar-refractivity contribution in [2.75, 3.05) is 25.4 Å². The smallest absolute Gasteiger partial charge is 0.257 e. The van der Waals surface area contributed by atoms with Gasteiger partial charge in [-0.15, -0.1) is 0 Å². The molecule has 1 amide bonds. The van der Waals surface area contributed by atoms with Gasteiger partial charge in [0, 0.05) is 48.8 Å². The van der Waals surface area contributed by atoms with Crippen molar-refractivity contribution in [1.29, 1.82) is 0 Å². The second-order valence-corrected chi connectivity index (χ2v) is 11.9. The van der Waals surface area contributed by atoms with E-state index in [0.29, 0.717) is 43.3 Å². The fourth-order valence-corrected chi connectivity index (χ4v) is 5.71. The Bertz CT molecular complexity index is 1660. The van der Waals surface area contributed by atoms with Crippen LogP contribution in [0.3, 0.4) is 0 Å². The van der Waals surface area contributed by atoms with Crippen LogP contribution in [0.2, 0.25) is 0 Å². The summed E-state index contributed by atoms with van der Waals surface area (Å²) < 4.78 is 16.3. The first-order chi connectivity index (χ1) is 21.1. The minimum absolute atomic E-state index is 0.0309. The van der Waals surface area contributed by atoms with Crippen LogP contribution in [-0.4, -0.2) is 46.2 Å². The van der Waals surface area contributed by atoms with Crippen LogP contribution in [0.5, 0.6) is 0 Å². The van der Waals surface area contributed by atoms with Crippen molar-refractivity contribution >= 4 is 23.7 Å². The lowest BCUT2D eigenvalue weighted by atomic mass is 9.97. The molecule has 0 bridgehead atoms. The Morgan fingerprint density at radius 1 is 1.09 bits per heavy atom. The van der Waals surface area contributed by atoms with Crippen LogP contribution in [0.1, 0.15) is 66.2 Å². The van der Waals surface area contributed by atoms with E-state index in [-0.39, 0.29) is 17.9 Å². The van der Waals surface area contributed by atoms with Crippen LogP contribution in [-0.2, 0) is 35.5 Å². The van der Waals surface area contributed by atoms with Crippen molar-refractivity contribution in [3.05, 3.63) is 92.4 Å². The molecule has 0 radical (unpaired) electrons. The number of unbranched alkanes of at least 4 members (excludes halogenated alkanes) is 1. The third kappa shape index (κ3) is 7.78. The highest BCUT2D eigenvalue weighted by Gasteiger charge is 2.19. The van der Waals surface area contributed by atoms with Gasteiger partial charge in [-0.1, -0.05) is 54.9 Å². The van der Waals surface area contributed by atoms with Crippen LogP contribution >= 0.6 is 11.9 Å². The number of benzene rings is 2. The zero-order valence-corrected chi connectivity index (χ0v) is 27.6. The van der Waals surface area contributed by atoms with E-state index in [1.807, 2.05) is 39.8 Å². The van der Waals surface area contributed by atoms with E-state index in [0.717, 1.165) is 57.1 Å². The molecule has 4 rings (SSSR count).